The molecule has 1 aromatic carbocycles. The molecule has 0 radical (unpaired) electrons. The normalized spacial score (nSPS) is 14.4. The van der Waals surface area contributed by atoms with Crippen molar-refractivity contribution in [3.63, 3.8) is 0 Å². The molecule has 0 atom stereocenters. The lowest BCUT2D eigenvalue weighted by Crippen LogP contribution is -2.37. The maximum absolute atomic E-state index is 13.6. The lowest BCUT2D eigenvalue weighted by molar-refractivity contribution is -0.128. The van der Waals surface area contributed by atoms with E-state index in [1.165, 1.54) is 23.1 Å². The highest BCUT2D eigenvalue weighted by molar-refractivity contribution is 5.99. The number of benzene rings is 1. The number of carbonyl (C=O) groups is 2. The maximum Gasteiger partial charge on any atom is 0.256 e. The van der Waals surface area contributed by atoms with Gasteiger partial charge in [0.25, 0.3) is 5.91 Å². The van der Waals surface area contributed by atoms with Gasteiger partial charge >= 0.3 is 0 Å². The lowest BCUT2D eigenvalue weighted by Gasteiger charge is -2.22. The first-order chi connectivity index (χ1) is 9.99. The van der Waals surface area contributed by atoms with Gasteiger partial charge in [-0.2, -0.15) is 0 Å². The molecule has 1 heterocycles. The van der Waals surface area contributed by atoms with Gasteiger partial charge in [-0.3, -0.25) is 9.59 Å². The van der Waals surface area contributed by atoms with Crippen molar-refractivity contribution in [3.05, 3.63) is 54.0 Å². The van der Waals surface area contributed by atoms with E-state index in [2.05, 4.69) is 11.9 Å². The Hall–Kier alpha value is -2.63. The molecule has 0 bridgehead atoms. The molecule has 6 heteroatoms. The molecular formula is C15H16FN3O2. The van der Waals surface area contributed by atoms with E-state index in [0.29, 0.717) is 6.54 Å². The first-order valence-electron chi connectivity index (χ1n) is 6.46. The SMILES string of the molecule is C=C1C=CN(CCNC(=O)c2c(N)cccc2F)C(=O)C1. The zero-order valence-electron chi connectivity index (χ0n) is 11.4. The number of rotatable bonds is 4. The minimum atomic E-state index is -0.669. The van der Waals surface area contributed by atoms with Crippen molar-refractivity contribution in [2.75, 3.05) is 18.8 Å². The van der Waals surface area contributed by atoms with Crippen molar-refractivity contribution in [3.8, 4) is 0 Å². The van der Waals surface area contributed by atoms with Crippen molar-refractivity contribution in [2.24, 2.45) is 0 Å². The topological polar surface area (TPSA) is 75.4 Å². The Morgan fingerprint density at radius 2 is 2.24 bits per heavy atom. The van der Waals surface area contributed by atoms with Crippen LogP contribution in [0.1, 0.15) is 16.8 Å². The predicted octanol–water partition coefficient (Wildman–Crippen LogP) is 1.44. The average molecular weight is 289 g/mol. The van der Waals surface area contributed by atoms with Crippen LogP contribution in [0.15, 0.2) is 42.6 Å². The fourth-order valence-corrected chi connectivity index (χ4v) is 1.99. The highest BCUT2D eigenvalue weighted by Gasteiger charge is 2.17. The Morgan fingerprint density at radius 3 is 2.90 bits per heavy atom. The number of allylic oxidation sites excluding steroid dienone is 1. The van der Waals surface area contributed by atoms with Gasteiger partial charge in [0.2, 0.25) is 5.91 Å². The second-order valence-corrected chi connectivity index (χ2v) is 4.70. The molecule has 3 N–H and O–H groups in total. The number of nitrogens with one attached hydrogen (secondary N) is 1. The van der Waals surface area contributed by atoms with E-state index in [4.69, 9.17) is 5.73 Å². The molecule has 0 unspecified atom stereocenters. The molecule has 1 aliphatic rings. The van der Waals surface area contributed by atoms with Gasteiger partial charge in [-0.05, 0) is 23.8 Å². The van der Waals surface area contributed by atoms with Gasteiger partial charge in [0.15, 0.2) is 0 Å². The van der Waals surface area contributed by atoms with Crippen molar-refractivity contribution in [2.45, 2.75) is 6.42 Å². The van der Waals surface area contributed by atoms with E-state index < -0.39 is 11.7 Å². The Labute approximate surface area is 121 Å². The lowest BCUT2D eigenvalue weighted by atomic mass is 10.1. The molecule has 0 saturated carbocycles. The third kappa shape index (κ3) is 3.47. The van der Waals surface area contributed by atoms with Crippen LogP contribution in [-0.4, -0.2) is 29.8 Å². The third-order valence-corrected chi connectivity index (χ3v) is 3.10. The first-order valence-corrected chi connectivity index (χ1v) is 6.46. The zero-order valence-corrected chi connectivity index (χ0v) is 11.4. The summed E-state index contributed by atoms with van der Waals surface area (Å²) in [5, 5.41) is 2.55. The second-order valence-electron chi connectivity index (χ2n) is 4.70. The summed E-state index contributed by atoms with van der Waals surface area (Å²) in [7, 11) is 0. The predicted molar refractivity (Wildman–Crippen MR) is 77.8 cm³/mol. The molecular weight excluding hydrogens is 273 g/mol. The number of nitrogens with zero attached hydrogens (tertiary/aromatic N) is 1. The number of nitrogen functional groups attached to an aromatic ring is 1. The number of carbonyl (C=O) groups excluding carboxylic acids is 2. The van der Waals surface area contributed by atoms with E-state index in [0.717, 1.165) is 5.57 Å². The van der Waals surface area contributed by atoms with Gasteiger partial charge in [0.1, 0.15) is 5.82 Å². The summed E-state index contributed by atoms with van der Waals surface area (Å²) in [6.45, 7) is 4.22. The van der Waals surface area contributed by atoms with Crippen LogP contribution in [0.4, 0.5) is 10.1 Å². The Balaban J connectivity index is 1.92. The minimum Gasteiger partial charge on any atom is -0.398 e. The standard InChI is InChI=1S/C15H16FN3O2/c1-10-5-7-19(13(20)9-10)8-6-18-15(21)14-11(16)3-2-4-12(14)17/h2-5,7H,1,6,8-9,17H2,(H,18,21). The van der Waals surface area contributed by atoms with Gasteiger partial charge in [0, 0.05) is 25.0 Å². The number of nitrogens with two attached hydrogens (primary N) is 1. The summed E-state index contributed by atoms with van der Waals surface area (Å²) < 4.78 is 13.6. The summed E-state index contributed by atoms with van der Waals surface area (Å²) in [6, 6.07) is 4.07. The van der Waals surface area contributed by atoms with Gasteiger partial charge in [0.05, 0.1) is 12.0 Å². The molecule has 5 nitrogen and oxygen atoms in total. The van der Waals surface area contributed by atoms with Crippen LogP contribution in [0.5, 0.6) is 0 Å². The van der Waals surface area contributed by atoms with E-state index >= 15 is 0 Å². The molecule has 2 rings (SSSR count). The molecule has 0 aliphatic carbocycles. The summed E-state index contributed by atoms with van der Waals surface area (Å²) in [4.78, 5) is 25.1. The smallest absolute Gasteiger partial charge is 0.256 e. The summed E-state index contributed by atoms with van der Waals surface area (Å²) >= 11 is 0. The summed E-state index contributed by atoms with van der Waals surface area (Å²) in [5.41, 5.74) is 6.24. The zero-order chi connectivity index (χ0) is 15.4. The maximum atomic E-state index is 13.6. The summed E-state index contributed by atoms with van der Waals surface area (Å²) in [5.74, 6) is -1.34. The van der Waals surface area contributed by atoms with Crippen LogP contribution in [0.25, 0.3) is 0 Å². The highest BCUT2D eigenvalue weighted by Crippen LogP contribution is 2.15. The first kappa shape index (κ1) is 14.8. The largest absolute Gasteiger partial charge is 0.398 e. The highest BCUT2D eigenvalue weighted by atomic mass is 19.1. The van der Waals surface area contributed by atoms with E-state index in [9.17, 15) is 14.0 Å². The van der Waals surface area contributed by atoms with Crippen LogP contribution >= 0.6 is 0 Å². The number of anilines is 1. The number of hydrogen-bond donors (Lipinski definition) is 2. The van der Waals surface area contributed by atoms with Gasteiger partial charge < -0.3 is 16.0 Å². The molecule has 0 saturated heterocycles. The molecule has 0 aromatic heterocycles. The van der Waals surface area contributed by atoms with Crippen LogP contribution in [-0.2, 0) is 4.79 Å². The van der Waals surface area contributed by atoms with Crippen molar-refractivity contribution in [1.82, 2.24) is 10.2 Å². The fourth-order valence-electron chi connectivity index (χ4n) is 1.99. The van der Waals surface area contributed by atoms with Gasteiger partial charge in [-0.15, -0.1) is 0 Å². The fraction of sp³-hybridized carbons (Fsp3) is 0.200. The quantitative estimate of drug-likeness (QED) is 0.824. The molecule has 110 valence electrons. The molecule has 2 amide bonds. The summed E-state index contributed by atoms with van der Waals surface area (Å²) in [6.07, 6.45) is 3.64. The van der Waals surface area contributed by atoms with Crippen molar-refractivity contribution < 1.29 is 14.0 Å². The molecule has 1 aliphatic heterocycles. The van der Waals surface area contributed by atoms with Crippen LogP contribution in [0, 0.1) is 5.82 Å². The van der Waals surface area contributed by atoms with Gasteiger partial charge in [-0.25, -0.2) is 4.39 Å². The molecule has 0 fully saturated rings. The van der Waals surface area contributed by atoms with E-state index in [1.807, 2.05) is 0 Å². The van der Waals surface area contributed by atoms with E-state index in [1.54, 1.807) is 12.3 Å². The Morgan fingerprint density at radius 1 is 1.48 bits per heavy atom. The average Bonchev–Trinajstić information content (AvgIpc) is 2.41. The van der Waals surface area contributed by atoms with E-state index in [-0.39, 0.29) is 30.1 Å². The molecule has 1 aromatic rings. The molecule has 21 heavy (non-hydrogen) atoms. The van der Waals surface area contributed by atoms with Crippen molar-refractivity contribution in [1.29, 1.82) is 0 Å². The van der Waals surface area contributed by atoms with Crippen LogP contribution in [0.3, 0.4) is 0 Å². The van der Waals surface area contributed by atoms with Gasteiger partial charge in [-0.1, -0.05) is 12.6 Å². The number of amides is 2. The minimum absolute atomic E-state index is 0.0812. The molecule has 0 spiro atoms. The number of halogens is 1. The monoisotopic (exact) mass is 289 g/mol. The van der Waals surface area contributed by atoms with Crippen LogP contribution in [0.2, 0.25) is 0 Å². The second kappa shape index (κ2) is 6.21. The third-order valence-electron chi connectivity index (χ3n) is 3.10. The number of hydrogen-bond acceptors (Lipinski definition) is 3. The Bertz CT molecular complexity index is 605. The van der Waals surface area contributed by atoms with Crippen LogP contribution < -0.4 is 11.1 Å². The Kier molecular flexibility index (Phi) is 4.37. The van der Waals surface area contributed by atoms with Crippen molar-refractivity contribution >= 4 is 17.5 Å².